The Hall–Kier alpha value is -0.0800. The van der Waals surface area contributed by atoms with Crippen molar-refractivity contribution in [1.29, 1.82) is 0 Å². The fraction of sp³-hybridized carbons (Fsp3) is 1.00. The van der Waals surface area contributed by atoms with Crippen molar-refractivity contribution in [2.75, 3.05) is 33.2 Å². The van der Waals surface area contributed by atoms with E-state index >= 15 is 0 Å². The summed E-state index contributed by atoms with van der Waals surface area (Å²) in [6.45, 7) is 12.1. The molecule has 1 aliphatic rings. The first-order chi connectivity index (χ1) is 6.59. The molecule has 1 rings (SSSR count). The summed E-state index contributed by atoms with van der Waals surface area (Å²) in [6, 6.07) is 0. The monoisotopic (exact) mass is 198 g/mol. The minimum Gasteiger partial charge on any atom is -0.319 e. The summed E-state index contributed by atoms with van der Waals surface area (Å²) in [5, 5.41) is 3.31. The molecule has 0 bridgehead atoms. The number of rotatable bonds is 5. The molecule has 0 aromatic heterocycles. The Labute approximate surface area is 89.1 Å². The Morgan fingerprint density at radius 2 is 2.21 bits per heavy atom. The van der Waals surface area contributed by atoms with Crippen molar-refractivity contribution >= 4 is 0 Å². The predicted octanol–water partition coefficient (Wildman–Crippen LogP) is 1.96. The maximum absolute atomic E-state index is 3.31. The van der Waals surface area contributed by atoms with Crippen LogP contribution in [0.3, 0.4) is 0 Å². The van der Waals surface area contributed by atoms with Crippen molar-refractivity contribution in [2.45, 2.75) is 33.6 Å². The van der Waals surface area contributed by atoms with E-state index in [-0.39, 0.29) is 0 Å². The number of hydrogen-bond donors (Lipinski definition) is 1. The third-order valence-electron chi connectivity index (χ3n) is 3.51. The quantitative estimate of drug-likeness (QED) is 0.726. The molecule has 1 aliphatic heterocycles. The molecular formula is C12H26N2. The molecule has 1 N–H and O–H groups in total. The molecule has 0 aromatic rings. The summed E-state index contributed by atoms with van der Waals surface area (Å²) in [7, 11) is 2.06. The standard InChI is InChI=1S/C12H26N2/c1-5-11(2)8-14-7-6-12(3,10-14)9-13-4/h11,13H,5-10H2,1-4H3. The predicted molar refractivity (Wildman–Crippen MR) is 62.5 cm³/mol. The molecule has 14 heavy (non-hydrogen) atoms. The maximum Gasteiger partial charge on any atom is 0.00481 e. The Morgan fingerprint density at radius 1 is 1.50 bits per heavy atom. The lowest BCUT2D eigenvalue weighted by Crippen LogP contribution is -2.34. The average molecular weight is 198 g/mol. The third kappa shape index (κ3) is 3.25. The van der Waals surface area contributed by atoms with Crippen LogP contribution in [0.4, 0.5) is 0 Å². The summed E-state index contributed by atoms with van der Waals surface area (Å²) in [4.78, 5) is 2.63. The van der Waals surface area contributed by atoms with Crippen LogP contribution >= 0.6 is 0 Å². The number of hydrogen-bond acceptors (Lipinski definition) is 2. The zero-order valence-corrected chi connectivity index (χ0v) is 10.3. The van der Waals surface area contributed by atoms with E-state index in [1.165, 1.54) is 32.5 Å². The van der Waals surface area contributed by atoms with Crippen molar-refractivity contribution in [2.24, 2.45) is 11.3 Å². The van der Waals surface area contributed by atoms with Crippen LogP contribution in [-0.4, -0.2) is 38.1 Å². The van der Waals surface area contributed by atoms with Crippen molar-refractivity contribution in [3.8, 4) is 0 Å². The Bertz CT molecular complexity index is 170. The molecule has 0 aromatic carbocycles. The van der Waals surface area contributed by atoms with E-state index in [2.05, 4.69) is 38.0 Å². The van der Waals surface area contributed by atoms with Crippen molar-refractivity contribution in [3.05, 3.63) is 0 Å². The summed E-state index contributed by atoms with van der Waals surface area (Å²) >= 11 is 0. The van der Waals surface area contributed by atoms with Gasteiger partial charge in [-0.05, 0) is 31.3 Å². The van der Waals surface area contributed by atoms with Gasteiger partial charge in [0, 0.05) is 19.6 Å². The van der Waals surface area contributed by atoms with Gasteiger partial charge in [0.25, 0.3) is 0 Å². The van der Waals surface area contributed by atoms with Crippen LogP contribution in [0.2, 0.25) is 0 Å². The zero-order chi connectivity index (χ0) is 10.6. The highest BCUT2D eigenvalue weighted by Gasteiger charge is 2.33. The van der Waals surface area contributed by atoms with Gasteiger partial charge in [0.2, 0.25) is 0 Å². The van der Waals surface area contributed by atoms with Gasteiger partial charge in [-0.15, -0.1) is 0 Å². The third-order valence-corrected chi connectivity index (χ3v) is 3.51. The van der Waals surface area contributed by atoms with E-state index in [1.807, 2.05) is 0 Å². The van der Waals surface area contributed by atoms with E-state index in [9.17, 15) is 0 Å². The first-order valence-corrected chi connectivity index (χ1v) is 5.96. The Balaban J connectivity index is 2.33. The molecule has 0 amide bonds. The van der Waals surface area contributed by atoms with Crippen LogP contribution in [0.15, 0.2) is 0 Å². The van der Waals surface area contributed by atoms with E-state index in [4.69, 9.17) is 0 Å². The molecule has 2 heteroatoms. The van der Waals surface area contributed by atoms with Gasteiger partial charge in [0.05, 0.1) is 0 Å². The molecule has 2 atom stereocenters. The van der Waals surface area contributed by atoms with Crippen LogP contribution in [-0.2, 0) is 0 Å². The Morgan fingerprint density at radius 3 is 2.79 bits per heavy atom. The zero-order valence-electron chi connectivity index (χ0n) is 10.3. The number of likely N-dealkylation sites (tertiary alicyclic amines) is 1. The van der Waals surface area contributed by atoms with Crippen molar-refractivity contribution in [3.63, 3.8) is 0 Å². The van der Waals surface area contributed by atoms with E-state index in [1.54, 1.807) is 0 Å². The van der Waals surface area contributed by atoms with Gasteiger partial charge in [-0.3, -0.25) is 0 Å². The molecule has 0 spiro atoms. The molecule has 84 valence electrons. The van der Waals surface area contributed by atoms with Crippen molar-refractivity contribution < 1.29 is 0 Å². The van der Waals surface area contributed by atoms with Gasteiger partial charge in [-0.1, -0.05) is 27.2 Å². The first-order valence-electron chi connectivity index (χ1n) is 5.96. The lowest BCUT2D eigenvalue weighted by molar-refractivity contribution is 0.242. The lowest BCUT2D eigenvalue weighted by Gasteiger charge is -2.25. The first kappa shape index (κ1) is 12.0. The van der Waals surface area contributed by atoms with Gasteiger partial charge in [-0.25, -0.2) is 0 Å². The van der Waals surface area contributed by atoms with E-state index < -0.39 is 0 Å². The van der Waals surface area contributed by atoms with Crippen LogP contribution < -0.4 is 5.32 Å². The normalized spacial score (nSPS) is 30.9. The summed E-state index contributed by atoms with van der Waals surface area (Å²) in [5.74, 6) is 0.854. The highest BCUT2D eigenvalue weighted by molar-refractivity contribution is 4.87. The summed E-state index contributed by atoms with van der Waals surface area (Å²) < 4.78 is 0. The molecule has 1 heterocycles. The van der Waals surface area contributed by atoms with E-state index in [0.29, 0.717) is 5.41 Å². The van der Waals surface area contributed by atoms with Gasteiger partial charge in [0.1, 0.15) is 0 Å². The van der Waals surface area contributed by atoms with Crippen LogP contribution in [0, 0.1) is 11.3 Å². The minimum atomic E-state index is 0.516. The molecule has 1 fully saturated rings. The second kappa shape index (κ2) is 5.13. The molecule has 0 aliphatic carbocycles. The van der Waals surface area contributed by atoms with Crippen molar-refractivity contribution in [1.82, 2.24) is 10.2 Å². The van der Waals surface area contributed by atoms with Gasteiger partial charge in [0.15, 0.2) is 0 Å². The second-order valence-corrected chi connectivity index (χ2v) is 5.34. The maximum atomic E-state index is 3.31. The fourth-order valence-electron chi connectivity index (χ4n) is 2.42. The largest absolute Gasteiger partial charge is 0.319 e. The van der Waals surface area contributed by atoms with Crippen LogP contribution in [0.1, 0.15) is 33.6 Å². The topological polar surface area (TPSA) is 15.3 Å². The fourth-order valence-corrected chi connectivity index (χ4v) is 2.42. The molecule has 0 radical (unpaired) electrons. The minimum absolute atomic E-state index is 0.516. The van der Waals surface area contributed by atoms with Crippen LogP contribution in [0.5, 0.6) is 0 Å². The van der Waals surface area contributed by atoms with E-state index in [0.717, 1.165) is 12.5 Å². The smallest absolute Gasteiger partial charge is 0.00481 e. The molecular weight excluding hydrogens is 172 g/mol. The SMILES string of the molecule is CCC(C)CN1CCC(C)(CNC)C1. The number of nitrogens with zero attached hydrogens (tertiary/aromatic N) is 1. The summed E-state index contributed by atoms with van der Waals surface area (Å²) in [5.41, 5.74) is 0.516. The highest BCUT2D eigenvalue weighted by atomic mass is 15.2. The average Bonchev–Trinajstić information content (AvgIpc) is 2.48. The molecule has 0 saturated carbocycles. The molecule has 1 saturated heterocycles. The highest BCUT2D eigenvalue weighted by Crippen LogP contribution is 2.29. The van der Waals surface area contributed by atoms with Gasteiger partial charge >= 0.3 is 0 Å². The lowest BCUT2D eigenvalue weighted by atomic mass is 9.90. The summed E-state index contributed by atoms with van der Waals surface area (Å²) in [6.07, 6.45) is 2.66. The molecule has 2 unspecified atom stereocenters. The van der Waals surface area contributed by atoms with Gasteiger partial charge < -0.3 is 10.2 Å². The van der Waals surface area contributed by atoms with Crippen LogP contribution in [0.25, 0.3) is 0 Å². The van der Waals surface area contributed by atoms with Gasteiger partial charge in [-0.2, -0.15) is 0 Å². The molecule has 2 nitrogen and oxygen atoms in total. The second-order valence-electron chi connectivity index (χ2n) is 5.34. The number of nitrogens with one attached hydrogen (secondary N) is 1. The Kier molecular flexibility index (Phi) is 4.39.